The summed E-state index contributed by atoms with van der Waals surface area (Å²) in [7, 11) is 0. The summed E-state index contributed by atoms with van der Waals surface area (Å²) in [6.45, 7) is 5.50. The van der Waals surface area contributed by atoms with Gasteiger partial charge < -0.3 is 9.88 Å². The van der Waals surface area contributed by atoms with Crippen LogP contribution in [0.3, 0.4) is 0 Å². The Morgan fingerprint density at radius 1 is 1.19 bits per heavy atom. The minimum Gasteiger partial charge on any atom is -0.314 e. The largest absolute Gasteiger partial charge is 0.314 e. The fourth-order valence-corrected chi connectivity index (χ4v) is 4.12. The van der Waals surface area contributed by atoms with Crippen LogP contribution in [-0.2, 0) is 24.3 Å². The highest BCUT2D eigenvalue weighted by Gasteiger charge is 2.27. The number of hydrogen-bond acceptors (Lipinski definition) is 5. The highest BCUT2D eigenvalue weighted by Crippen LogP contribution is 2.21. The highest BCUT2D eigenvalue weighted by molar-refractivity contribution is 5.91. The van der Waals surface area contributed by atoms with Crippen LogP contribution in [0.5, 0.6) is 0 Å². The number of pyridine rings is 1. The Labute approximate surface area is 160 Å². The van der Waals surface area contributed by atoms with Crippen molar-refractivity contribution in [3.8, 4) is 0 Å². The van der Waals surface area contributed by atoms with Crippen molar-refractivity contribution in [2.45, 2.75) is 58.5 Å². The number of aromatic nitrogens is 4. The van der Waals surface area contributed by atoms with Crippen LogP contribution in [0.15, 0.2) is 18.2 Å². The summed E-state index contributed by atoms with van der Waals surface area (Å²) < 4.78 is 2.30. The third-order valence-electron chi connectivity index (χ3n) is 5.57. The molecule has 0 aliphatic carbocycles. The number of nitrogens with one attached hydrogen (secondary N) is 1. The summed E-state index contributed by atoms with van der Waals surface area (Å²) in [5.74, 6) is 2.87. The summed E-state index contributed by atoms with van der Waals surface area (Å²) in [6, 6.07) is 5.69. The average molecular weight is 368 g/mol. The van der Waals surface area contributed by atoms with E-state index in [-0.39, 0.29) is 11.8 Å². The van der Waals surface area contributed by atoms with Gasteiger partial charge in [0.2, 0.25) is 5.91 Å². The smallest absolute Gasteiger partial charge is 0.229 e. The predicted molar refractivity (Wildman–Crippen MR) is 103 cm³/mol. The first-order valence-electron chi connectivity index (χ1n) is 10.1. The van der Waals surface area contributed by atoms with Crippen molar-refractivity contribution in [1.29, 1.82) is 0 Å². The second-order valence-electron chi connectivity index (χ2n) is 7.72. The van der Waals surface area contributed by atoms with Gasteiger partial charge in [-0.15, -0.1) is 10.2 Å². The topological polar surface area (TPSA) is 75.9 Å². The lowest BCUT2D eigenvalue weighted by Gasteiger charge is -2.31. The number of aryl methyl sites for hydroxylation is 2. The highest BCUT2D eigenvalue weighted by atomic mass is 16.2. The molecule has 1 unspecified atom stereocenters. The van der Waals surface area contributed by atoms with Crippen LogP contribution >= 0.6 is 0 Å². The molecule has 0 aromatic carbocycles. The lowest BCUT2D eigenvalue weighted by Crippen LogP contribution is -2.40. The van der Waals surface area contributed by atoms with Crippen molar-refractivity contribution < 1.29 is 4.79 Å². The number of carbonyl (C=O) groups excluding carboxylic acids is 1. The first kappa shape index (κ1) is 18.1. The van der Waals surface area contributed by atoms with Gasteiger partial charge in [0.05, 0.1) is 12.5 Å². The molecular formula is C20H28N6O. The van der Waals surface area contributed by atoms with Crippen molar-refractivity contribution in [1.82, 2.24) is 24.6 Å². The Kier molecular flexibility index (Phi) is 5.48. The molecule has 0 saturated carbocycles. The third kappa shape index (κ3) is 4.35. The van der Waals surface area contributed by atoms with Gasteiger partial charge in [0.1, 0.15) is 17.5 Å². The molecule has 1 saturated heterocycles. The Balaban J connectivity index is 1.38. The van der Waals surface area contributed by atoms with E-state index in [9.17, 15) is 4.79 Å². The lowest BCUT2D eigenvalue weighted by molar-refractivity contribution is -0.121. The van der Waals surface area contributed by atoms with E-state index in [1.54, 1.807) is 0 Å². The van der Waals surface area contributed by atoms with Gasteiger partial charge >= 0.3 is 0 Å². The zero-order chi connectivity index (χ0) is 18.6. The van der Waals surface area contributed by atoms with Gasteiger partial charge in [-0.3, -0.25) is 9.69 Å². The quantitative estimate of drug-likeness (QED) is 0.898. The zero-order valence-corrected chi connectivity index (χ0v) is 16.0. The first-order valence-corrected chi connectivity index (χ1v) is 10.1. The minimum absolute atomic E-state index is 0.00686. The summed E-state index contributed by atoms with van der Waals surface area (Å²) in [6.07, 6.45) is 6.65. The molecule has 0 radical (unpaired) electrons. The zero-order valence-electron chi connectivity index (χ0n) is 16.0. The fraction of sp³-hybridized carbons (Fsp3) is 0.600. The number of hydrogen-bond donors (Lipinski definition) is 1. The Morgan fingerprint density at radius 2 is 2.11 bits per heavy atom. The van der Waals surface area contributed by atoms with E-state index < -0.39 is 0 Å². The van der Waals surface area contributed by atoms with Crippen LogP contribution in [0.1, 0.15) is 49.4 Å². The summed E-state index contributed by atoms with van der Waals surface area (Å²) in [4.78, 5) is 19.4. The van der Waals surface area contributed by atoms with Gasteiger partial charge in [0.25, 0.3) is 0 Å². The maximum Gasteiger partial charge on any atom is 0.229 e. The standard InChI is InChI=1S/C20H28N6O/c1-15-7-5-9-17(21-15)22-20(27)16-8-6-11-25(13-16)14-19-24-23-18-10-3-2-4-12-26(18)19/h5,7,9,16H,2-4,6,8,10-14H2,1H3,(H,21,22,27). The van der Waals surface area contributed by atoms with Crippen molar-refractivity contribution in [3.63, 3.8) is 0 Å². The van der Waals surface area contributed by atoms with E-state index in [2.05, 4.69) is 30.0 Å². The summed E-state index contributed by atoms with van der Waals surface area (Å²) >= 11 is 0. The molecule has 144 valence electrons. The van der Waals surface area contributed by atoms with Gasteiger partial charge in [-0.25, -0.2) is 4.98 Å². The van der Waals surface area contributed by atoms with Gasteiger partial charge in [-0.05, 0) is 51.3 Å². The van der Waals surface area contributed by atoms with Gasteiger partial charge in [-0.1, -0.05) is 12.5 Å². The van der Waals surface area contributed by atoms with E-state index >= 15 is 0 Å². The van der Waals surface area contributed by atoms with Crippen LogP contribution in [0.25, 0.3) is 0 Å². The minimum atomic E-state index is -0.00686. The molecule has 1 amide bonds. The molecular weight excluding hydrogens is 340 g/mol. The van der Waals surface area contributed by atoms with Crippen LogP contribution in [-0.4, -0.2) is 43.6 Å². The molecule has 27 heavy (non-hydrogen) atoms. The van der Waals surface area contributed by atoms with Crippen LogP contribution < -0.4 is 5.32 Å². The number of anilines is 1. The number of carbonyl (C=O) groups is 1. The SMILES string of the molecule is Cc1cccc(NC(=O)C2CCCN(Cc3nnc4n3CCCCC4)C2)n1. The van der Waals surface area contributed by atoms with Crippen molar-refractivity contribution >= 4 is 11.7 Å². The second-order valence-corrected chi connectivity index (χ2v) is 7.72. The predicted octanol–water partition coefficient (Wildman–Crippen LogP) is 2.56. The number of piperidine rings is 1. The van der Waals surface area contributed by atoms with Gasteiger partial charge in [0, 0.05) is 25.2 Å². The van der Waals surface area contributed by atoms with E-state index in [1.807, 2.05) is 25.1 Å². The van der Waals surface area contributed by atoms with Gasteiger partial charge in [0.15, 0.2) is 0 Å². The van der Waals surface area contributed by atoms with E-state index in [0.717, 1.165) is 62.8 Å². The average Bonchev–Trinajstić information content (AvgIpc) is 2.88. The first-order chi connectivity index (χ1) is 13.2. The maximum absolute atomic E-state index is 12.7. The molecule has 2 aliphatic heterocycles. The molecule has 1 N–H and O–H groups in total. The summed E-state index contributed by atoms with van der Waals surface area (Å²) in [5, 5.41) is 11.8. The third-order valence-corrected chi connectivity index (χ3v) is 5.57. The second kappa shape index (κ2) is 8.17. The van der Waals surface area contributed by atoms with Crippen LogP contribution in [0.2, 0.25) is 0 Å². The molecule has 2 aromatic rings. The number of rotatable bonds is 4. The molecule has 0 spiro atoms. The molecule has 1 fully saturated rings. The number of amides is 1. The molecule has 0 bridgehead atoms. The van der Waals surface area contributed by atoms with Crippen molar-refractivity contribution in [2.24, 2.45) is 5.92 Å². The Hall–Kier alpha value is -2.28. The van der Waals surface area contributed by atoms with Gasteiger partial charge in [-0.2, -0.15) is 0 Å². The van der Waals surface area contributed by atoms with E-state index in [0.29, 0.717) is 5.82 Å². The molecule has 4 rings (SSSR count). The summed E-state index contributed by atoms with van der Waals surface area (Å²) in [5.41, 5.74) is 0.908. The normalized spacial score (nSPS) is 20.7. The Morgan fingerprint density at radius 3 is 3.00 bits per heavy atom. The molecule has 1 atom stereocenters. The maximum atomic E-state index is 12.7. The molecule has 7 heteroatoms. The van der Waals surface area contributed by atoms with E-state index in [1.165, 1.54) is 19.3 Å². The number of fused-ring (bicyclic) bond motifs is 1. The van der Waals surface area contributed by atoms with Crippen LogP contribution in [0.4, 0.5) is 5.82 Å². The molecule has 4 heterocycles. The van der Waals surface area contributed by atoms with Crippen molar-refractivity contribution in [2.75, 3.05) is 18.4 Å². The van der Waals surface area contributed by atoms with E-state index in [4.69, 9.17) is 0 Å². The Bertz CT molecular complexity index is 802. The lowest BCUT2D eigenvalue weighted by atomic mass is 9.97. The molecule has 7 nitrogen and oxygen atoms in total. The van der Waals surface area contributed by atoms with Crippen molar-refractivity contribution in [3.05, 3.63) is 35.5 Å². The molecule has 2 aliphatic rings. The monoisotopic (exact) mass is 368 g/mol. The number of nitrogens with zero attached hydrogens (tertiary/aromatic N) is 5. The van der Waals surface area contributed by atoms with Crippen LogP contribution in [0, 0.1) is 12.8 Å². The fourth-order valence-electron chi connectivity index (χ4n) is 4.12. The number of likely N-dealkylation sites (tertiary alicyclic amines) is 1. The molecule has 2 aromatic heterocycles.